The second-order valence-corrected chi connectivity index (χ2v) is 5.36. The number of phenolic OH excluding ortho intramolecular Hbond substituents is 2. The lowest BCUT2D eigenvalue weighted by molar-refractivity contribution is -0.142. The maximum absolute atomic E-state index is 12.8. The molecule has 0 saturated heterocycles. The molecule has 13 heteroatoms. The summed E-state index contributed by atoms with van der Waals surface area (Å²) in [5.41, 5.74) is -7.09. The van der Waals surface area contributed by atoms with E-state index < -0.39 is 53.4 Å². The standard InChI is InChI=1S/C9H4F6NO5P/c10-8(11,12)3-2(1-16)5(17)4(9(13,14)15)7(6(3)18)22(19,20)21/h17-18H,(H2,19,20,21). The number of alkyl halides is 6. The summed E-state index contributed by atoms with van der Waals surface area (Å²) in [7, 11) is -6.08. The summed E-state index contributed by atoms with van der Waals surface area (Å²) in [5, 5.41) is 24.5. The van der Waals surface area contributed by atoms with Gasteiger partial charge in [-0.1, -0.05) is 0 Å². The van der Waals surface area contributed by atoms with Crippen LogP contribution in [0.4, 0.5) is 26.3 Å². The van der Waals surface area contributed by atoms with E-state index in [0.29, 0.717) is 6.07 Å². The van der Waals surface area contributed by atoms with Gasteiger partial charge in [0.2, 0.25) is 0 Å². The van der Waals surface area contributed by atoms with Crippen molar-refractivity contribution in [2.24, 2.45) is 0 Å². The Labute approximate surface area is 117 Å². The molecule has 0 bridgehead atoms. The van der Waals surface area contributed by atoms with Crippen LogP contribution in [0.5, 0.6) is 11.5 Å². The lowest BCUT2D eigenvalue weighted by Crippen LogP contribution is -2.25. The van der Waals surface area contributed by atoms with E-state index in [1.807, 2.05) is 0 Å². The topological polar surface area (TPSA) is 122 Å². The van der Waals surface area contributed by atoms with Gasteiger partial charge in [0, 0.05) is 0 Å². The highest BCUT2D eigenvalue weighted by molar-refractivity contribution is 7.60. The van der Waals surface area contributed by atoms with Gasteiger partial charge in [0.25, 0.3) is 0 Å². The van der Waals surface area contributed by atoms with Gasteiger partial charge < -0.3 is 20.0 Å². The third kappa shape index (κ3) is 2.96. The van der Waals surface area contributed by atoms with Crippen LogP contribution in [0, 0.1) is 11.3 Å². The third-order valence-electron chi connectivity index (χ3n) is 2.39. The minimum atomic E-state index is -6.08. The number of rotatable bonds is 1. The molecule has 0 unspecified atom stereocenters. The van der Waals surface area contributed by atoms with Crippen molar-refractivity contribution < 1.29 is 50.9 Å². The smallest absolute Gasteiger partial charge is 0.421 e. The Balaban J connectivity index is 4.22. The number of halogens is 6. The summed E-state index contributed by atoms with van der Waals surface area (Å²) in [6.45, 7) is 0. The van der Waals surface area contributed by atoms with E-state index in [4.69, 9.17) is 15.0 Å². The van der Waals surface area contributed by atoms with E-state index in [1.165, 1.54) is 0 Å². The number of nitriles is 1. The summed E-state index contributed by atoms with van der Waals surface area (Å²) in [5.74, 6) is -4.80. The van der Waals surface area contributed by atoms with Gasteiger partial charge in [0.05, 0.1) is 0 Å². The molecule has 4 N–H and O–H groups in total. The quantitative estimate of drug-likeness (QED) is 0.348. The zero-order valence-corrected chi connectivity index (χ0v) is 10.8. The van der Waals surface area contributed by atoms with Crippen LogP contribution in [-0.2, 0) is 16.9 Å². The molecule has 0 radical (unpaired) electrons. The third-order valence-corrected chi connectivity index (χ3v) is 3.41. The minimum Gasteiger partial charge on any atom is -0.506 e. The van der Waals surface area contributed by atoms with Crippen LogP contribution in [0.1, 0.15) is 16.7 Å². The molecule has 1 aromatic carbocycles. The lowest BCUT2D eigenvalue weighted by Gasteiger charge is -2.21. The van der Waals surface area contributed by atoms with Crippen LogP contribution in [0.25, 0.3) is 0 Å². The van der Waals surface area contributed by atoms with Crippen molar-refractivity contribution in [2.75, 3.05) is 0 Å². The van der Waals surface area contributed by atoms with E-state index in [-0.39, 0.29) is 0 Å². The summed E-state index contributed by atoms with van der Waals surface area (Å²) >= 11 is 0. The van der Waals surface area contributed by atoms with Gasteiger partial charge in [0.15, 0.2) is 0 Å². The van der Waals surface area contributed by atoms with Crippen LogP contribution < -0.4 is 5.30 Å². The monoisotopic (exact) mass is 351 g/mol. The van der Waals surface area contributed by atoms with E-state index >= 15 is 0 Å². The normalized spacial score (nSPS) is 13.0. The van der Waals surface area contributed by atoms with Crippen molar-refractivity contribution in [3.8, 4) is 17.6 Å². The highest BCUT2D eigenvalue weighted by Gasteiger charge is 2.50. The first-order valence-corrected chi connectivity index (χ1v) is 6.47. The molecule has 22 heavy (non-hydrogen) atoms. The van der Waals surface area contributed by atoms with E-state index in [0.717, 1.165) is 0 Å². The summed E-state index contributed by atoms with van der Waals surface area (Å²) in [6, 6.07) is 0.619. The first kappa shape index (κ1) is 18.1. The molecule has 1 aromatic rings. The fourth-order valence-electron chi connectivity index (χ4n) is 1.65. The Morgan fingerprint density at radius 3 is 1.59 bits per heavy atom. The number of benzene rings is 1. The molecule has 1 rings (SSSR count). The molecule has 0 atom stereocenters. The molecule has 0 heterocycles. The predicted molar refractivity (Wildman–Crippen MR) is 56.2 cm³/mol. The Morgan fingerprint density at radius 1 is 0.909 bits per heavy atom. The number of hydrogen-bond donors (Lipinski definition) is 4. The Hall–Kier alpha value is -1.96. The van der Waals surface area contributed by atoms with Gasteiger partial charge in [-0.3, -0.25) is 4.57 Å². The van der Waals surface area contributed by atoms with Crippen molar-refractivity contribution in [1.29, 1.82) is 5.26 Å². The summed E-state index contributed by atoms with van der Waals surface area (Å²) in [4.78, 5) is 17.6. The number of nitrogens with zero attached hydrogens (tertiary/aromatic N) is 1. The lowest BCUT2D eigenvalue weighted by atomic mass is 10.0. The second-order valence-electron chi connectivity index (χ2n) is 3.82. The molecule has 0 fully saturated rings. The van der Waals surface area contributed by atoms with Gasteiger partial charge in [-0.25, -0.2) is 0 Å². The second kappa shape index (κ2) is 5.05. The van der Waals surface area contributed by atoms with Crippen molar-refractivity contribution in [2.45, 2.75) is 12.4 Å². The van der Waals surface area contributed by atoms with Crippen molar-refractivity contribution in [3.63, 3.8) is 0 Å². The first-order valence-electron chi connectivity index (χ1n) is 4.86. The van der Waals surface area contributed by atoms with Crippen molar-refractivity contribution in [3.05, 3.63) is 16.7 Å². The number of aromatic hydroxyl groups is 2. The summed E-state index contributed by atoms with van der Waals surface area (Å²) in [6.07, 6.45) is -11.4. The molecule has 6 nitrogen and oxygen atoms in total. The highest BCUT2D eigenvalue weighted by Crippen LogP contribution is 2.52. The Kier molecular flexibility index (Phi) is 4.15. The van der Waals surface area contributed by atoms with Crippen molar-refractivity contribution in [1.82, 2.24) is 0 Å². The number of phenols is 2. The van der Waals surface area contributed by atoms with E-state index in [9.17, 15) is 41.1 Å². The zero-order valence-electron chi connectivity index (χ0n) is 9.86. The van der Waals surface area contributed by atoms with Crippen LogP contribution in [0.3, 0.4) is 0 Å². The largest absolute Gasteiger partial charge is 0.506 e. The average molecular weight is 351 g/mol. The van der Waals surface area contributed by atoms with E-state index in [1.54, 1.807) is 0 Å². The van der Waals surface area contributed by atoms with Crippen LogP contribution in [0.2, 0.25) is 0 Å². The van der Waals surface area contributed by atoms with Gasteiger partial charge >= 0.3 is 19.9 Å². The zero-order chi connectivity index (χ0) is 17.7. The fraction of sp³-hybridized carbons (Fsp3) is 0.222. The molecule has 0 aliphatic heterocycles. The molecular weight excluding hydrogens is 347 g/mol. The van der Waals surface area contributed by atoms with Gasteiger partial charge in [0.1, 0.15) is 39.6 Å². The maximum Gasteiger partial charge on any atom is 0.421 e. The van der Waals surface area contributed by atoms with Crippen LogP contribution in [0.15, 0.2) is 0 Å². The van der Waals surface area contributed by atoms with Gasteiger partial charge in [-0.2, -0.15) is 31.6 Å². The SMILES string of the molecule is N#Cc1c(O)c(C(F)(F)F)c(P(=O)(O)O)c(O)c1C(F)(F)F. The maximum atomic E-state index is 12.8. The Morgan fingerprint density at radius 2 is 1.32 bits per heavy atom. The highest BCUT2D eigenvalue weighted by atomic mass is 31.2. The van der Waals surface area contributed by atoms with Crippen molar-refractivity contribution >= 4 is 12.9 Å². The number of hydrogen-bond acceptors (Lipinski definition) is 4. The fourth-order valence-corrected chi connectivity index (χ4v) is 2.56. The van der Waals surface area contributed by atoms with Crippen LogP contribution in [-0.4, -0.2) is 20.0 Å². The predicted octanol–water partition coefficient (Wildman–Crippen LogP) is 1.81. The molecule has 0 saturated carbocycles. The molecule has 0 aliphatic carbocycles. The Bertz CT molecular complexity index is 713. The first-order chi connectivity index (χ1) is 9.64. The van der Waals surface area contributed by atoms with Gasteiger partial charge in [-0.05, 0) is 0 Å². The van der Waals surface area contributed by atoms with Crippen LogP contribution >= 0.6 is 7.60 Å². The van der Waals surface area contributed by atoms with Gasteiger partial charge in [-0.15, -0.1) is 0 Å². The molecule has 0 aromatic heterocycles. The minimum absolute atomic E-state index is 0.619. The molecule has 0 spiro atoms. The van der Waals surface area contributed by atoms with E-state index in [2.05, 4.69) is 0 Å². The summed E-state index contributed by atoms with van der Waals surface area (Å²) < 4.78 is 87.5. The molecule has 122 valence electrons. The molecule has 0 amide bonds. The average Bonchev–Trinajstić information content (AvgIpc) is 2.25. The molecule has 0 aliphatic rings. The molecular formula is C9H4F6NO5P.